The number of hydrogen-bond donors (Lipinski definition) is 1. The number of para-hydroxylation sites is 1. The van der Waals surface area contributed by atoms with Crippen LogP contribution in [0.3, 0.4) is 0 Å². The van der Waals surface area contributed by atoms with Crippen molar-refractivity contribution in [2.45, 2.75) is 6.92 Å². The van der Waals surface area contributed by atoms with Crippen LogP contribution in [-0.4, -0.2) is 9.97 Å². The van der Waals surface area contributed by atoms with Gasteiger partial charge in [0, 0.05) is 17.4 Å². The Balaban J connectivity index is 2.55. The molecule has 0 bridgehead atoms. The van der Waals surface area contributed by atoms with Crippen LogP contribution in [0.1, 0.15) is 5.82 Å². The maximum Gasteiger partial charge on any atom is 0.125 e. The van der Waals surface area contributed by atoms with Crippen LogP contribution in [0.25, 0.3) is 11.3 Å². The summed E-state index contributed by atoms with van der Waals surface area (Å²) in [5.41, 5.74) is 8.41. The summed E-state index contributed by atoms with van der Waals surface area (Å²) in [6, 6.07) is 9.54. The number of aromatic nitrogens is 2. The summed E-state index contributed by atoms with van der Waals surface area (Å²) in [4.78, 5) is 8.36. The molecule has 0 aliphatic rings. The van der Waals surface area contributed by atoms with Crippen molar-refractivity contribution in [3.8, 4) is 11.3 Å². The quantitative estimate of drug-likeness (QED) is 0.691. The maximum atomic E-state index is 5.84. The number of hydrogen-bond acceptors (Lipinski definition) is 3. The summed E-state index contributed by atoms with van der Waals surface area (Å²) in [5.74, 6) is 0.755. The van der Waals surface area contributed by atoms with Gasteiger partial charge in [-0.15, -0.1) is 0 Å². The highest BCUT2D eigenvalue weighted by Gasteiger charge is 2.02. The molecule has 0 aliphatic carbocycles. The first-order chi connectivity index (χ1) is 6.77. The Morgan fingerprint density at radius 2 is 1.93 bits per heavy atom. The van der Waals surface area contributed by atoms with E-state index in [0.29, 0.717) is 0 Å². The number of nitrogens with zero attached hydrogens (tertiary/aromatic N) is 2. The van der Waals surface area contributed by atoms with E-state index < -0.39 is 0 Å². The minimum atomic E-state index is 0.741. The Labute approximate surface area is 82.6 Å². The number of benzene rings is 1. The molecule has 1 aromatic carbocycles. The van der Waals surface area contributed by atoms with Crippen molar-refractivity contribution in [2.75, 3.05) is 5.73 Å². The lowest BCUT2D eigenvalue weighted by atomic mass is 10.1. The topological polar surface area (TPSA) is 51.8 Å². The second kappa shape index (κ2) is 3.46. The number of anilines is 1. The molecule has 2 rings (SSSR count). The van der Waals surface area contributed by atoms with Crippen molar-refractivity contribution >= 4 is 5.69 Å². The highest BCUT2D eigenvalue weighted by Crippen LogP contribution is 2.22. The number of nitrogens with two attached hydrogens (primary N) is 1. The zero-order valence-electron chi connectivity index (χ0n) is 7.94. The number of nitrogen functional groups attached to an aromatic ring is 1. The van der Waals surface area contributed by atoms with Gasteiger partial charge < -0.3 is 5.73 Å². The van der Waals surface area contributed by atoms with Crippen LogP contribution in [0.4, 0.5) is 5.69 Å². The molecule has 70 valence electrons. The predicted molar refractivity (Wildman–Crippen MR) is 56.6 cm³/mol. The van der Waals surface area contributed by atoms with Crippen molar-refractivity contribution < 1.29 is 0 Å². The van der Waals surface area contributed by atoms with E-state index in [4.69, 9.17) is 5.73 Å². The molecule has 0 amide bonds. The van der Waals surface area contributed by atoms with E-state index >= 15 is 0 Å². The number of aryl methyl sites for hydroxylation is 1. The van der Waals surface area contributed by atoms with E-state index in [1.54, 1.807) is 6.20 Å². The maximum absolute atomic E-state index is 5.84. The third kappa shape index (κ3) is 1.57. The zero-order valence-corrected chi connectivity index (χ0v) is 7.94. The molecule has 2 N–H and O–H groups in total. The van der Waals surface area contributed by atoms with Gasteiger partial charge in [0.25, 0.3) is 0 Å². The third-order valence-electron chi connectivity index (χ3n) is 2.01. The van der Waals surface area contributed by atoms with Crippen LogP contribution in [-0.2, 0) is 0 Å². The summed E-state index contributed by atoms with van der Waals surface area (Å²) >= 11 is 0. The number of rotatable bonds is 1. The Bertz CT molecular complexity index is 452. The standard InChI is InChI=1S/C11H11N3/c1-8-13-7-6-11(14-8)9-4-2-3-5-10(9)12/h2-7H,12H2,1H3. The van der Waals surface area contributed by atoms with Crippen LogP contribution >= 0.6 is 0 Å². The van der Waals surface area contributed by atoms with Crippen molar-refractivity contribution in [1.82, 2.24) is 9.97 Å². The van der Waals surface area contributed by atoms with Gasteiger partial charge in [0.05, 0.1) is 5.69 Å². The summed E-state index contributed by atoms with van der Waals surface area (Å²) in [6.07, 6.45) is 1.74. The van der Waals surface area contributed by atoms with E-state index in [2.05, 4.69) is 9.97 Å². The molecule has 0 unspecified atom stereocenters. The van der Waals surface area contributed by atoms with E-state index in [1.807, 2.05) is 37.3 Å². The van der Waals surface area contributed by atoms with Gasteiger partial charge in [-0.3, -0.25) is 0 Å². The minimum Gasteiger partial charge on any atom is -0.398 e. The van der Waals surface area contributed by atoms with E-state index in [9.17, 15) is 0 Å². The molecule has 1 aromatic heterocycles. The SMILES string of the molecule is Cc1nccc(-c2ccccc2N)n1. The van der Waals surface area contributed by atoms with E-state index in [0.717, 1.165) is 22.8 Å². The first kappa shape index (κ1) is 8.69. The summed E-state index contributed by atoms with van der Waals surface area (Å²) in [5, 5.41) is 0. The van der Waals surface area contributed by atoms with Gasteiger partial charge >= 0.3 is 0 Å². The second-order valence-electron chi connectivity index (χ2n) is 3.08. The lowest BCUT2D eigenvalue weighted by Crippen LogP contribution is -1.93. The van der Waals surface area contributed by atoms with Gasteiger partial charge in [0.15, 0.2) is 0 Å². The lowest BCUT2D eigenvalue weighted by Gasteiger charge is -2.04. The average Bonchev–Trinajstić information content (AvgIpc) is 2.18. The smallest absolute Gasteiger partial charge is 0.125 e. The van der Waals surface area contributed by atoms with Gasteiger partial charge in [0.1, 0.15) is 5.82 Å². The molecule has 0 atom stereocenters. The van der Waals surface area contributed by atoms with E-state index in [-0.39, 0.29) is 0 Å². The van der Waals surface area contributed by atoms with Gasteiger partial charge in [-0.2, -0.15) is 0 Å². The summed E-state index contributed by atoms with van der Waals surface area (Å²) in [6.45, 7) is 1.86. The van der Waals surface area contributed by atoms with Crippen molar-refractivity contribution in [2.24, 2.45) is 0 Å². The van der Waals surface area contributed by atoms with Crippen LogP contribution in [0.15, 0.2) is 36.5 Å². The molecule has 0 spiro atoms. The van der Waals surface area contributed by atoms with Gasteiger partial charge in [-0.05, 0) is 19.1 Å². The first-order valence-corrected chi connectivity index (χ1v) is 4.42. The molecule has 0 radical (unpaired) electrons. The molecular weight excluding hydrogens is 174 g/mol. The molecule has 0 saturated carbocycles. The van der Waals surface area contributed by atoms with Crippen LogP contribution in [0, 0.1) is 6.92 Å². The highest BCUT2D eigenvalue weighted by atomic mass is 14.9. The minimum absolute atomic E-state index is 0.741. The van der Waals surface area contributed by atoms with Crippen LogP contribution in [0.2, 0.25) is 0 Å². The Morgan fingerprint density at radius 1 is 1.14 bits per heavy atom. The molecule has 3 heteroatoms. The molecule has 14 heavy (non-hydrogen) atoms. The predicted octanol–water partition coefficient (Wildman–Crippen LogP) is 2.03. The van der Waals surface area contributed by atoms with Crippen molar-refractivity contribution in [3.63, 3.8) is 0 Å². The van der Waals surface area contributed by atoms with Gasteiger partial charge in [-0.1, -0.05) is 18.2 Å². The lowest BCUT2D eigenvalue weighted by molar-refractivity contribution is 1.06. The second-order valence-corrected chi connectivity index (χ2v) is 3.08. The van der Waals surface area contributed by atoms with Crippen molar-refractivity contribution in [1.29, 1.82) is 0 Å². The third-order valence-corrected chi connectivity index (χ3v) is 2.01. The average molecular weight is 185 g/mol. The molecule has 0 saturated heterocycles. The molecule has 0 fully saturated rings. The molecule has 2 aromatic rings. The first-order valence-electron chi connectivity index (χ1n) is 4.42. The van der Waals surface area contributed by atoms with Crippen LogP contribution in [0.5, 0.6) is 0 Å². The summed E-state index contributed by atoms with van der Waals surface area (Å²) < 4.78 is 0. The largest absolute Gasteiger partial charge is 0.398 e. The Kier molecular flexibility index (Phi) is 2.14. The normalized spacial score (nSPS) is 10.1. The molecule has 0 aliphatic heterocycles. The van der Waals surface area contributed by atoms with E-state index in [1.165, 1.54) is 0 Å². The van der Waals surface area contributed by atoms with Gasteiger partial charge in [0.2, 0.25) is 0 Å². The van der Waals surface area contributed by atoms with Gasteiger partial charge in [-0.25, -0.2) is 9.97 Å². The fraction of sp³-hybridized carbons (Fsp3) is 0.0909. The zero-order chi connectivity index (χ0) is 9.97. The monoisotopic (exact) mass is 185 g/mol. The highest BCUT2D eigenvalue weighted by molar-refractivity contribution is 5.73. The molecule has 3 nitrogen and oxygen atoms in total. The summed E-state index contributed by atoms with van der Waals surface area (Å²) in [7, 11) is 0. The fourth-order valence-corrected chi connectivity index (χ4v) is 1.34. The van der Waals surface area contributed by atoms with Crippen molar-refractivity contribution in [3.05, 3.63) is 42.4 Å². The molecule has 1 heterocycles. The Hall–Kier alpha value is -1.90. The Morgan fingerprint density at radius 3 is 2.64 bits per heavy atom. The molecular formula is C11H11N3. The van der Waals surface area contributed by atoms with Crippen LogP contribution < -0.4 is 5.73 Å². The fourth-order valence-electron chi connectivity index (χ4n) is 1.34.